The summed E-state index contributed by atoms with van der Waals surface area (Å²) in [4.78, 5) is 19.2. The second kappa shape index (κ2) is 12.3. The van der Waals surface area contributed by atoms with Crippen molar-refractivity contribution in [1.29, 1.82) is 5.26 Å². The first kappa shape index (κ1) is 28.9. The summed E-state index contributed by atoms with van der Waals surface area (Å²) in [7, 11) is -7.90. The Bertz CT molecular complexity index is 1330. The van der Waals surface area contributed by atoms with Gasteiger partial charge in [-0.3, -0.25) is 14.0 Å². The highest BCUT2D eigenvalue weighted by Crippen LogP contribution is 2.39. The summed E-state index contributed by atoms with van der Waals surface area (Å²) < 4.78 is 55.3. The van der Waals surface area contributed by atoms with E-state index in [2.05, 4.69) is 11.1 Å². The van der Waals surface area contributed by atoms with Crippen molar-refractivity contribution in [3.05, 3.63) is 48.8 Å². The molecule has 0 saturated heterocycles. The van der Waals surface area contributed by atoms with Crippen LogP contribution < -0.4 is 10.6 Å². The highest BCUT2D eigenvalue weighted by Gasteiger charge is 2.51. The van der Waals surface area contributed by atoms with Crippen LogP contribution in [-0.2, 0) is 28.9 Å². The summed E-state index contributed by atoms with van der Waals surface area (Å²) in [6, 6.07) is 12.2. The molecule has 1 saturated carbocycles. The summed E-state index contributed by atoms with van der Waals surface area (Å²) in [5, 5.41) is 9.12. The van der Waals surface area contributed by atoms with E-state index in [1.165, 1.54) is 23.9 Å². The molecule has 37 heavy (non-hydrogen) atoms. The standard InChI is InChI=1S/C24H30N4O6S3/c1-36(30,31)34-24(23(26)29)11-3-2-4-19(24)18-37(32,33)22-7-5-21(6-8-22)35-17-16-28(15-12-25)20-9-13-27-14-10-20/h5-10,13-14,19H,2-4,11,15-18H2,1H3,(H2,26,29). The number of anilines is 1. The molecule has 0 bridgehead atoms. The predicted octanol–water partition coefficient (Wildman–Crippen LogP) is 2.37. The van der Waals surface area contributed by atoms with Crippen molar-refractivity contribution in [2.45, 2.75) is 41.1 Å². The molecule has 1 aromatic heterocycles. The van der Waals surface area contributed by atoms with E-state index < -0.39 is 43.1 Å². The maximum Gasteiger partial charge on any atom is 0.265 e. The minimum atomic E-state index is -4.05. The maximum atomic E-state index is 13.2. The molecule has 1 amide bonds. The lowest BCUT2D eigenvalue weighted by atomic mass is 9.76. The fourth-order valence-corrected chi connectivity index (χ4v) is 7.92. The van der Waals surface area contributed by atoms with Gasteiger partial charge in [-0.2, -0.15) is 13.7 Å². The van der Waals surface area contributed by atoms with Crippen molar-refractivity contribution in [3.8, 4) is 6.07 Å². The van der Waals surface area contributed by atoms with Crippen LogP contribution in [0.15, 0.2) is 58.6 Å². The van der Waals surface area contributed by atoms with Crippen LogP contribution in [0.3, 0.4) is 0 Å². The van der Waals surface area contributed by atoms with Crippen LogP contribution in [0.1, 0.15) is 25.7 Å². The van der Waals surface area contributed by atoms with Gasteiger partial charge in [0.05, 0.1) is 23.0 Å². The third-order valence-corrected chi connectivity index (χ3v) is 9.67. The van der Waals surface area contributed by atoms with Gasteiger partial charge >= 0.3 is 0 Å². The number of carbonyl (C=O) groups excluding carboxylic acids is 1. The van der Waals surface area contributed by atoms with Gasteiger partial charge in [-0.15, -0.1) is 11.8 Å². The Balaban J connectivity index is 1.68. The Labute approximate surface area is 222 Å². The van der Waals surface area contributed by atoms with Crippen LogP contribution in [0.2, 0.25) is 0 Å². The normalized spacial score (nSPS) is 20.2. The molecule has 1 aliphatic rings. The number of benzene rings is 1. The molecule has 0 spiro atoms. The molecule has 10 nitrogen and oxygen atoms in total. The first-order valence-electron chi connectivity index (χ1n) is 11.6. The molecule has 2 N–H and O–H groups in total. The Hall–Kier alpha value is -2.66. The lowest BCUT2D eigenvalue weighted by Crippen LogP contribution is -2.56. The van der Waals surface area contributed by atoms with Gasteiger partial charge < -0.3 is 10.6 Å². The molecule has 1 aliphatic carbocycles. The van der Waals surface area contributed by atoms with Crippen LogP contribution in [0.25, 0.3) is 0 Å². The van der Waals surface area contributed by atoms with Crippen molar-refractivity contribution < 1.29 is 25.8 Å². The fraction of sp³-hybridized carbons (Fsp3) is 0.458. The van der Waals surface area contributed by atoms with Gasteiger partial charge in [0.1, 0.15) is 6.54 Å². The summed E-state index contributed by atoms with van der Waals surface area (Å²) >= 11 is 1.52. The molecule has 3 rings (SSSR count). The SMILES string of the molecule is CS(=O)(=O)OC1(C(N)=O)CCCCC1CS(=O)(=O)c1ccc(SCCN(CC#N)c2ccncc2)cc1. The van der Waals surface area contributed by atoms with Gasteiger partial charge in [-0.25, -0.2) is 8.42 Å². The quantitative estimate of drug-likeness (QED) is 0.229. The van der Waals surface area contributed by atoms with Gasteiger partial charge in [0.2, 0.25) is 0 Å². The number of rotatable bonds is 12. The summed E-state index contributed by atoms with van der Waals surface area (Å²) in [5.41, 5.74) is 4.57. The Morgan fingerprint density at radius 3 is 2.46 bits per heavy atom. The van der Waals surface area contributed by atoms with Gasteiger partial charge in [-0.05, 0) is 55.7 Å². The van der Waals surface area contributed by atoms with Crippen LogP contribution in [0, 0.1) is 17.2 Å². The molecule has 0 radical (unpaired) electrons. The number of nitrogens with zero attached hydrogens (tertiary/aromatic N) is 3. The summed E-state index contributed by atoms with van der Waals surface area (Å²) in [6.07, 6.45) is 5.66. The Kier molecular flexibility index (Phi) is 9.57. The van der Waals surface area contributed by atoms with Gasteiger partial charge in [0.15, 0.2) is 15.4 Å². The molecule has 2 unspecified atom stereocenters. The van der Waals surface area contributed by atoms with E-state index >= 15 is 0 Å². The van der Waals surface area contributed by atoms with E-state index in [1.54, 1.807) is 24.5 Å². The number of sulfone groups is 1. The number of thioether (sulfide) groups is 1. The lowest BCUT2D eigenvalue weighted by molar-refractivity contribution is -0.140. The fourth-order valence-electron chi connectivity index (χ4n) is 4.50. The number of primary amides is 1. The number of nitrogens with two attached hydrogens (primary N) is 1. The zero-order valence-corrected chi connectivity index (χ0v) is 22.9. The number of hydrogen-bond acceptors (Lipinski definition) is 10. The molecule has 1 fully saturated rings. The highest BCUT2D eigenvalue weighted by atomic mass is 32.2. The smallest absolute Gasteiger partial charge is 0.265 e. The van der Waals surface area contributed by atoms with E-state index in [0.29, 0.717) is 31.6 Å². The highest BCUT2D eigenvalue weighted by molar-refractivity contribution is 7.99. The van der Waals surface area contributed by atoms with Crippen molar-refractivity contribution in [2.75, 3.05) is 35.8 Å². The minimum Gasteiger partial charge on any atom is -0.367 e. The zero-order chi connectivity index (χ0) is 27.1. The molecule has 1 heterocycles. The van der Waals surface area contributed by atoms with Crippen molar-refractivity contribution in [2.24, 2.45) is 11.7 Å². The average molecular weight is 567 g/mol. The third-order valence-electron chi connectivity index (χ3n) is 6.25. The first-order chi connectivity index (χ1) is 17.5. The second-order valence-corrected chi connectivity index (χ2v) is 13.6. The molecule has 200 valence electrons. The van der Waals surface area contributed by atoms with Crippen LogP contribution >= 0.6 is 11.8 Å². The summed E-state index contributed by atoms with van der Waals surface area (Å²) in [6.45, 7) is 0.846. The lowest BCUT2D eigenvalue weighted by Gasteiger charge is -2.40. The molecule has 13 heteroatoms. The number of nitriles is 1. The minimum absolute atomic E-state index is 0.0491. The van der Waals surface area contributed by atoms with E-state index in [9.17, 15) is 21.6 Å². The molecule has 1 aromatic carbocycles. The average Bonchev–Trinajstić information content (AvgIpc) is 2.84. The monoisotopic (exact) mass is 566 g/mol. The van der Waals surface area contributed by atoms with Crippen LogP contribution in [0.5, 0.6) is 0 Å². The van der Waals surface area contributed by atoms with Crippen molar-refractivity contribution >= 4 is 43.3 Å². The van der Waals surface area contributed by atoms with E-state index in [4.69, 9.17) is 15.2 Å². The third kappa shape index (κ3) is 7.67. The summed E-state index contributed by atoms with van der Waals surface area (Å²) in [5.74, 6) is -1.64. The van der Waals surface area contributed by atoms with E-state index in [0.717, 1.165) is 16.8 Å². The van der Waals surface area contributed by atoms with Gasteiger partial charge in [0, 0.05) is 41.2 Å². The number of carbonyl (C=O) groups is 1. The Morgan fingerprint density at radius 2 is 1.86 bits per heavy atom. The first-order valence-corrected chi connectivity index (χ1v) is 16.1. The van der Waals surface area contributed by atoms with Gasteiger partial charge in [0.25, 0.3) is 16.0 Å². The molecule has 2 atom stereocenters. The predicted molar refractivity (Wildman–Crippen MR) is 141 cm³/mol. The van der Waals surface area contributed by atoms with Crippen LogP contribution in [-0.4, -0.2) is 64.2 Å². The maximum absolute atomic E-state index is 13.2. The number of aromatic nitrogens is 1. The molecular weight excluding hydrogens is 536 g/mol. The zero-order valence-electron chi connectivity index (χ0n) is 20.4. The Morgan fingerprint density at radius 1 is 1.19 bits per heavy atom. The number of amides is 1. The van der Waals surface area contributed by atoms with Gasteiger partial charge in [-0.1, -0.05) is 6.42 Å². The number of pyridine rings is 1. The molecular formula is C24H30N4O6S3. The second-order valence-electron chi connectivity index (χ2n) is 8.87. The molecule has 2 aromatic rings. The topological polar surface area (TPSA) is 161 Å². The molecule has 0 aliphatic heterocycles. The van der Waals surface area contributed by atoms with E-state index in [-0.39, 0.29) is 17.9 Å². The largest absolute Gasteiger partial charge is 0.367 e. The van der Waals surface area contributed by atoms with Crippen molar-refractivity contribution in [3.63, 3.8) is 0 Å². The van der Waals surface area contributed by atoms with Crippen molar-refractivity contribution in [1.82, 2.24) is 4.98 Å². The van der Waals surface area contributed by atoms with Crippen LogP contribution in [0.4, 0.5) is 5.69 Å². The number of hydrogen-bond donors (Lipinski definition) is 1. The van der Waals surface area contributed by atoms with E-state index in [1.807, 2.05) is 17.0 Å².